The van der Waals surface area contributed by atoms with Crippen molar-refractivity contribution in [3.05, 3.63) is 57.6 Å². The maximum atomic E-state index is 12.6. The minimum atomic E-state index is -0.148. The Morgan fingerprint density at radius 1 is 1.07 bits per heavy atom. The van der Waals surface area contributed by atoms with Gasteiger partial charge in [0.25, 0.3) is 5.91 Å². The van der Waals surface area contributed by atoms with Crippen LogP contribution in [0, 0.1) is 0 Å². The van der Waals surface area contributed by atoms with Gasteiger partial charge in [-0.2, -0.15) is 0 Å². The lowest BCUT2D eigenvalue weighted by molar-refractivity contribution is -0.132. The van der Waals surface area contributed by atoms with Gasteiger partial charge in [0.1, 0.15) is 0 Å². The van der Waals surface area contributed by atoms with Crippen molar-refractivity contribution in [2.45, 2.75) is 10.8 Å². The first kappa shape index (κ1) is 20.8. The van der Waals surface area contributed by atoms with Crippen LogP contribution in [0.4, 0.5) is 0 Å². The largest absolute Gasteiger partial charge is 0.459 e. The van der Waals surface area contributed by atoms with E-state index in [1.54, 1.807) is 21.9 Å². The number of nitrogens with zero attached hydrogens (tertiary/aromatic N) is 3. The molecule has 0 aliphatic carbocycles. The third-order valence-electron chi connectivity index (χ3n) is 4.64. The van der Waals surface area contributed by atoms with E-state index in [1.165, 1.54) is 40.7 Å². The number of piperazine rings is 1. The third-order valence-corrected chi connectivity index (χ3v) is 7.62. The molecule has 1 fully saturated rings. The molecule has 0 atom stereocenters. The molecule has 2 amide bonds. The molecule has 7 nitrogen and oxygen atoms in total. The normalized spacial score (nSPS) is 14.1. The average molecular weight is 462 g/mol. The van der Waals surface area contributed by atoms with Crippen LogP contribution in [0.5, 0.6) is 0 Å². The van der Waals surface area contributed by atoms with Crippen LogP contribution < -0.4 is 0 Å². The van der Waals surface area contributed by atoms with Crippen molar-refractivity contribution in [2.75, 3.05) is 31.9 Å². The van der Waals surface area contributed by atoms with Gasteiger partial charge in [-0.15, -0.1) is 22.7 Å². The Bertz CT molecular complexity index is 1010. The summed E-state index contributed by atoms with van der Waals surface area (Å²) in [4.78, 5) is 45.7. The number of hydrogen-bond acceptors (Lipinski definition) is 8. The molecule has 0 unspecified atom stereocenters. The number of thioether (sulfide) groups is 1. The predicted molar refractivity (Wildman–Crippen MR) is 116 cm³/mol. The Kier molecular flexibility index (Phi) is 6.66. The van der Waals surface area contributed by atoms with Crippen LogP contribution in [-0.4, -0.2) is 64.3 Å². The smallest absolute Gasteiger partial charge is 0.289 e. The minimum absolute atomic E-state index is 0.00314. The zero-order valence-electron chi connectivity index (χ0n) is 16.0. The maximum Gasteiger partial charge on any atom is 0.289 e. The molecule has 1 aliphatic heterocycles. The molecule has 30 heavy (non-hydrogen) atoms. The highest BCUT2D eigenvalue weighted by atomic mass is 32.2. The van der Waals surface area contributed by atoms with Crippen molar-refractivity contribution in [2.24, 2.45) is 0 Å². The summed E-state index contributed by atoms with van der Waals surface area (Å²) in [6.07, 6.45) is 1.70. The molecule has 4 rings (SSSR count). The number of carbonyl (C=O) groups is 3. The van der Waals surface area contributed by atoms with Crippen molar-refractivity contribution >= 4 is 52.0 Å². The van der Waals surface area contributed by atoms with Crippen LogP contribution in [0.25, 0.3) is 0 Å². The Balaban J connectivity index is 1.24. The summed E-state index contributed by atoms with van der Waals surface area (Å²) in [5, 5.41) is 3.75. The molecule has 0 N–H and O–H groups in total. The van der Waals surface area contributed by atoms with Gasteiger partial charge in [-0.05, 0) is 23.6 Å². The highest BCUT2D eigenvalue weighted by molar-refractivity contribution is 8.01. The van der Waals surface area contributed by atoms with Crippen LogP contribution >= 0.6 is 34.4 Å². The third kappa shape index (κ3) is 5.00. The molecule has 156 valence electrons. The molecule has 0 spiro atoms. The zero-order valence-corrected chi connectivity index (χ0v) is 18.4. The Morgan fingerprint density at radius 2 is 1.87 bits per heavy atom. The maximum absolute atomic E-state index is 12.6. The van der Waals surface area contributed by atoms with Crippen molar-refractivity contribution in [3.63, 3.8) is 0 Å². The number of amides is 2. The topological polar surface area (TPSA) is 83.7 Å². The van der Waals surface area contributed by atoms with E-state index in [0.29, 0.717) is 43.4 Å². The van der Waals surface area contributed by atoms with E-state index in [1.807, 2.05) is 22.9 Å². The van der Waals surface area contributed by atoms with Gasteiger partial charge in [0, 0.05) is 31.6 Å². The molecule has 10 heteroatoms. The van der Waals surface area contributed by atoms with Crippen molar-refractivity contribution in [1.82, 2.24) is 14.8 Å². The summed E-state index contributed by atoms with van der Waals surface area (Å²) in [6, 6.07) is 7.01. The summed E-state index contributed by atoms with van der Waals surface area (Å²) in [6.45, 7) is 1.95. The lowest BCUT2D eigenvalue weighted by Gasteiger charge is -2.34. The summed E-state index contributed by atoms with van der Waals surface area (Å²) in [7, 11) is 0. The van der Waals surface area contributed by atoms with Crippen LogP contribution in [0.3, 0.4) is 0 Å². The van der Waals surface area contributed by atoms with Crippen molar-refractivity contribution in [3.8, 4) is 0 Å². The van der Waals surface area contributed by atoms with Crippen molar-refractivity contribution in [1.29, 1.82) is 0 Å². The van der Waals surface area contributed by atoms with Crippen LogP contribution in [0.15, 0.2) is 50.0 Å². The molecule has 4 heterocycles. The van der Waals surface area contributed by atoms with Gasteiger partial charge < -0.3 is 14.2 Å². The fraction of sp³-hybridized carbons (Fsp3) is 0.300. The number of rotatable bonds is 7. The molecule has 1 aliphatic rings. The lowest BCUT2D eigenvalue weighted by atomic mass is 10.2. The van der Waals surface area contributed by atoms with E-state index >= 15 is 0 Å². The van der Waals surface area contributed by atoms with E-state index in [4.69, 9.17) is 4.42 Å². The molecule has 0 radical (unpaired) electrons. The molecule has 0 bridgehead atoms. The number of hydrogen-bond donors (Lipinski definition) is 0. The summed E-state index contributed by atoms with van der Waals surface area (Å²) < 4.78 is 5.95. The van der Waals surface area contributed by atoms with Gasteiger partial charge >= 0.3 is 0 Å². The quantitative estimate of drug-likeness (QED) is 0.397. The molecule has 3 aromatic heterocycles. The second-order valence-corrected chi connectivity index (χ2v) is 9.65. The first-order valence-electron chi connectivity index (χ1n) is 9.34. The number of aromatic nitrogens is 1. The lowest BCUT2D eigenvalue weighted by Crippen LogP contribution is -2.50. The Hall–Kier alpha value is -2.43. The molecular formula is C20H19N3O4S3. The van der Waals surface area contributed by atoms with Gasteiger partial charge in [-0.1, -0.05) is 17.8 Å². The highest BCUT2D eigenvalue weighted by Crippen LogP contribution is 2.25. The van der Waals surface area contributed by atoms with E-state index < -0.39 is 0 Å². The first-order valence-corrected chi connectivity index (χ1v) is 12.1. The molecule has 0 aromatic carbocycles. The number of thiazole rings is 1. The highest BCUT2D eigenvalue weighted by Gasteiger charge is 2.26. The Morgan fingerprint density at radius 3 is 2.57 bits per heavy atom. The summed E-state index contributed by atoms with van der Waals surface area (Å²) in [5.41, 5.74) is 0.713. The second kappa shape index (κ2) is 9.59. The fourth-order valence-electron chi connectivity index (χ4n) is 3.05. The number of furan rings is 1. The van der Waals surface area contributed by atoms with E-state index in [2.05, 4.69) is 4.98 Å². The van der Waals surface area contributed by atoms with Crippen LogP contribution in [0.2, 0.25) is 0 Å². The number of Topliss-reactive ketones (excluding diaryl/α,β-unsaturated/α-hetero) is 1. The first-order chi connectivity index (χ1) is 14.6. The second-order valence-electron chi connectivity index (χ2n) is 6.62. The van der Waals surface area contributed by atoms with Gasteiger partial charge in [0.15, 0.2) is 15.9 Å². The SMILES string of the molecule is O=C(CSc1nc(CC(=O)N2CCN(C(=O)c3ccco3)CC2)cs1)c1cccs1. The summed E-state index contributed by atoms with van der Waals surface area (Å²) in [5.74, 6) is 0.596. The minimum Gasteiger partial charge on any atom is -0.459 e. The standard InChI is InChI=1S/C20H19N3O4S3/c24-15(17-4-2-10-28-17)13-30-20-21-14(12-29-20)11-18(25)22-5-7-23(8-6-22)19(26)16-3-1-9-27-16/h1-4,9-10,12H,5-8,11,13H2. The van der Waals surface area contributed by atoms with Gasteiger partial charge in [-0.25, -0.2) is 4.98 Å². The van der Waals surface area contributed by atoms with Gasteiger partial charge in [0.2, 0.25) is 5.91 Å². The molecule has 0 saturated carbocycles. The predicted octanol–water partition coefficient (Wildman–Crippen LogP) is 3.30. The van der Waals surface area contributed by atoms with Gasteiger partial charge in [-0.3, -0.25) is 14.4 Å². The van der Waals surface area contributed by atoms with E-state index in [9.17, 15) is 14.4 Å². The zero-order chi connectivity index (χ0) is 20.9. The van der Waals surface area contributed by atoms with Crippen molar-refractivity contribution < 1.29 is 18.8 Å². The monoisotopic (exact) mass is 461 g/mol. The number of carbonyl (C=O) groups excluding carboxylic acids is 3. The van der Waals surface area contributed by atoms with Gasteiger partial charge in [0.05, 0.1) is 29.0 Å². The molecular weight excluding hydrogens is 442 g/mol. The molecule has 3 aromatic rings. The summed E-state index contributed by atoms with van der Waals surface area (Å²) >= 11 is 4.29. The Labute approximate surface area is 185 Å². The van der Waals surface area contributed by atoms with E-state index in [0.717, 1.165) is 9.22 Å². The average Bonchev–Trinajstić information content (AvgIpc) is 3.54. The van der Waals surface area contributed by atoms with Crippen LogP contribution in [-0.2, 0) is 11.2 Å². The van der Waals surface area contributed by atoms with E-state index in [-0.39, 0.29) is 24.0 Å². The number of thiophene rings is 1. The van der Waals surface area contributed by atoms with Crippen LogP contribution in [0.1, 0.15) is 25.9 Å². The number of ketones is 1. The molecule has 1 saturated heterocycles. The fourth-order valence-corrected chi connectivity index (χ4v) is 5.54.